The summed E-state index contributed by atoms with van der Waals surface area (Å²) in [5.74, 6) is 1.07. The maximum atomic E-state index is 13.1. The van der Waals surface area contributed by atoms with Crippen molar-refractivity contribution in [3.8, 4) is 5.75 Å². The highest BCUT2D eigenvalue weighted by molar-refractivity contribution is 6.02. The van der Waals surface area contributed by atoms with Crippen molar-refractivity contribution in [2.24, 2.45) is 0 Å². The molecule has 162 valence electrons. The Morgan fingerprint density at radius 1 is 0.903 bits per heavy atom. The third-order valence-corrected chi connectivity index (χ3v) is 5.17. The third kappa shape index (κ3) is 5.43. The molecule has 0 aliphatic carbocycles. The van der Waals surface area contributed by atoms with Crippen LogP contribution in [-0.4, -0.2) is 17.8 Å². The number of ether oxygens (including phenoxy) is 1. The minimum absolute atomic E-state index is 0.0470. The molecule has 0 radical (unpaired) electrons. The number of carbonyl (C=O) groups excluding carboxylic acids is 2. The molecule has 1 aromatic heterocycles. The summed E-state index contributed by atoms with van der Waals surface area (Å²) < 4.78 is 11.0. The van der Waals surface area contributed by atoms with E-state index in [4.69, 9.17) is 9.15 Å². The standard InChI is InChI=1S/C26H29NO4/c1-16(2)19-8-13-22(23(15-19)17(3)4)25(28)18(5)31-21-11-9-20(10-12-21)27-26(29)24-7-6-14-30-24/h6-18H,1-5H3,(H,27,29)/t18-/m0/s1. The lowest BCUT2D eigenvalue weighted by Crippen LogP contribution is -2.25. The number of hydrogen-bond donors (Lipinski definition) is 1. The zero-order valence-corrected chi connectivity index (χ0v) is 18.6. The molecule has 1 atom stereocenters. The number of rotatable bonds is 8. The van der Waals surface area contributed by atoms with Crippen LogP contribution in [0.5, 0.6) is 5.75 Å². The van der Waals surface area contributed by atoms with Gasteiger partial charge in [0.25, 0.3) is 5.91 Å². The zero-order valence-electron chi connectivity index (χ0n) is 18.6. The first-order valence-electron chi connectivity index (χ1n) is 10.6. The third-order valence-electron chi connectivity index (χ3n) is 5.17. The van der Waals surface area contributed by atoms with E-state index >= 15 is 0 Å². The van der Waals surface area contributed by atoms with Gasteiger partial charge in [-0.15, -0.1) is 0 Å². The van der Waals surface area contributed by atoms with E-state index in [0.29, 0.717) is 22.9 Å². The van der Waals surface area contributed by atoms with Gasteiger partial charge in [0.05, 0.1) is 6.26 Å². The van der Waals surface area contributed by atoms with Crippen molar-refractivity contribution in [3.63, 3.8) is 0 Å². The van der Waals surface area contributed by atoms with Crippen molar-refractivity contribution in [2.45, 2.75) is 52.6 Å². The van der Waals surface area contributed by atoms with E-state index in [0.717, 1.165) is 5.56 Å². The van der Waals surface area contributed by atoms with Crippen LogP contribution in [0.3, 0.4) is 0 Å². The summed E-state index contributed by atoms with van der Waals surface area (Å²) in [6.07, 6.45) is 0.816. The van der Waals surface area contributed by atoms with Crippen molar-refractivity contribution in [2.75, 3.05) is 5.32 Å². The van der Waals surface area contributed by atoms with Gasteiger partial charge in [-0.05, 0) is 66.3 Å². The molecule has 0 aliphatic rings. The second-order valence-electron chi connectivity index (χ2n) is 8.24. The van der Waals surface area contributed by atoms with E-state index in [-0.39, 0.29) is 23.4 Å². The normalized spacial score (nSPS) is 12.1. The number of nitrogens with one attached hydrogen (secondary N) is 1. The van der Waals surface area contributed by atoms with Gasteiger partial charge in [-0.3, -0.25) is 9.59 Å². The fraction of sp³-hybridized carbons (Fsp3) is 0.308. The van der Waals surface area contributed by atoms with Crippen LogP contribution in [-0.2, 0) is 0 Å². The number of ketones is 1. The molecule has 0 spiro atoms. The first kappa shape index (κ1) is 22.3. The Hall–Kier alpha value is -3.34. The van der Waals surface area contributed by atoms with E-state index in [1.54, 1.807) is 43.3 Å². The Kier molecular flexibility index (Phi) is 6.95. The van der Waals surface area contributed by atoms with Gasteiger partial charge in [-0.25, -0.2) is 0 Å². The van der Waals surface area contributed by atoms with E-state index in [1.807, 2.05) is 12.1 Å². The number of anilines is 1. The van der Waals surface area contributed by atoms with Gasteiger partial charge in [0.15, 0.2) is 11.9 Å². The molecule has 1 N–H and O–H groups in total. The van der Waals surface area contributed by atoms with Crippen LogP contribution in [0.25, 0.3) is 0 Å². The Morgan fingerprint density at radius 2 is 1.61 bits per heavy atom. The molecular weight excluding hydrogens is 390 g/mol. The molecule has 3 aromatic rings. The maximum Gasteiger partial charge on any atom is 0.291 e. The van der Waals surface area contributed by atoms with E-state index in [2.05, 4.69) is 39.1 Å². The monoisotopic (exact) mass is 419 g/mol. The molecule has 0 saturated carbocycles. The summed E-state index contributed by atoms with van der Waals surface area (Å²) in [5.41, 5.74) is 3.58. The van der Waals surface area contributed by atoms with Gasteiger partial charge in [-0.1, -0.05) is 45.9 Å². The first-order valence-corrected chi connectivity index (χ1v) is 10.6. The number of amides is 1. The second-order valence-corrected chi connectivity index (χ2v) is 8.24. The predicted octanol–water partition coefficient (Wildman–Crippen LogP) is 6.43. The number of hydrogen-bond acceptors (Lipinski definition) is 4. The van der Waals surface area contributed by atoms with Gasteiger partial charge in [0.2, 0.25) is 5.78 Å². The van der Waals surface area contributed by atoms with E-state index < -0.39 is 6.10 Å². The smallest absolute Gasteiger partial charge is 0.291 e. The van der Waals surface area contributed by atoms with Gasteiger partial charge in [0, 0.05) is 11.3 Å². The van der Waals surface area contributed by atoms with Gasteiger partial charge >= 0.3 is 0 Å². The number of furan rings is 1. The minimum Gasteiger partial charge on any atom is -0.483 e. The molecule has 3 rings (SSSR count). The number of Topliss-reactive ketones (excluding diaryl/α,β-unsaturated/α-hetero) is 1. The lowest BCUT2D eigenvalue weighted by atomic mass is 9.89. The van der Waals surface area contributed by atoms with Gasteiger partial charge in [-0.2, -0.15) is 0 Å². The van der Waals surface area contributed by atoms with Crippen LogP contribution >= 0.6 is 0 Å². The molecule has 5 heteroatoms. The fourth-order valence-electron chi connectivity index (χ4n) is 3.34. The highest BCUT2D eigenvalue weighted by Gasteiger charge is 2.22. The summed E-state index contributed by atoms with van der Waals surface area (Å²) >= 11 is 0. The van der Waals surface area contributed by atoms with Crippen LogP contribution in [0.1, 0.15) is 78.5 Å². The van der Waals surface area contributed by atoms with Crippen molar-refractivity contribution >= 4 is 17.4 Å². The SMILES string of the molecule is CC(C)c1ccc(C(=O)[C@H](C)Oc2ccc(NC(=O)c3ccco3)cc2)c(C(C)C)c1. The molecule has 0 bridgehead atoms. The van der Waals surface area contributed by atoms with Gasteiger partial charge < -0.3 is 14.5 Å². The van der Waals surface area contributed by atoms with E-state index in [9.17, 15) is 9.59 Å². The van der Waals surface area contributed by atoms with Crippen LogP contribution < -0.4 is 10.1 Å². The van der Waals surface area contributed by atoms with E-state index in [1.165, 1.54) is 11.8 Å². The van der Waals surface area contributed by atoms with Crippen LogP contribution in [0.15, 0.2) is 65.3 Å². The van der Waals surface area contributed by atoms with Crippen molar-refractivity contribution in [1.82, 2.24) is 0 Å². The molecule has 1 heterocycles. The summed E-state index contributed by atoms with van der Waals surface area (Å²) in [7, 11) is 0. The number of benzene rings is 2. The summed E-state index contributed by atoms with van der Waals surface area (Å²) in [5, 5.41) is 2.75. The average Bonchev–Trinajstić information content (AvgIpc) is 3.29. The summed E-state index contributed by atoms with van der Waals surface area (Å²) in [6.45, 7) is 10.2. The lowest BCUT2D eigenvalue weighted by molar-refractivity contribution is 0.0816. The Balaban J connectivity index is 1.69. The van der Waals surface area contributed by atoms with Crippen molar-refractivity contribution in [1.29, 1.82) is 0 Å². The van der Waals surface area contributed by atoms with Crippen molar-refractivity contribution < 1.29 is 18.7 Å². The Labute approximate surface area is 183 Å². The molecule has 1 amide bonds. The largest absolute Gasteiger partial charge is 0.483 e. The topological polar surface area (TPSA) is 68.5 Å². The molecule has 0 saturated heterocycles. The Bertz CT molecular complexity index is 1030. The van der Waals surface area contributed by atoms with Crippen LogP contribution in [0.4, 0.5) is 5.69 Å². The predicted molar refractivity (Wildman–Crippen MR) is 122 cm³/mol. The Morgan fingerprint density at radius 3 is 2.19 bits per heavy atom. The zero-order chi connectivity index (χ0) is 22.5. The fourth-order valence-corrected chi connectivity index (χ4v) is 3.34. The molecule has 2 aromatic carbocycles. The van der Waals surface area contributed by atoms with Crippen molar-refractivity contribution in [3.05, 3.63) is 83.3 Å². The lowest BCUT2D eigenvalue weighted by Gasteiger charge is -2.19. The number of carbonyl (C=O) groups is 2. The molecule has 0 fully saturated rings. The minimum atomic E-state index is -0.633. The molecule has 0 aliphatic heterocycles. The van der Waals surface area contributed by atoms with Gasteiger partial charge in [0.1, 0.15) is 5.75 Å². The highest BCUT2D eigenvalue weighted by Crippen LogP contribution is 2.27. The molecular formula is C26H29NO4. The average molecular weight is 420 g/mol. The molecule has 31 heavy (non-hydrogen) atoms. The summed E-state index contributed by atoms with van der Waals surface area (Å²) in [6, 6.07) is 16.2. The van der Waals surface area contributed by atoms with Crippen LogP contribution in [0.2, 0.25) is 0 Å². The van der Waals surface area contributed by atoms with Crippen LogP contribution in [0, 0.1) is 0 Å². The first-order chi connectivity index (χ1) is 14.8. The summed E-state index contributed by atoms with van der Waals surface area (Å²) in [4.78, 5) is 25.2. The second kappa shape index (κ2) is 9.65. The molecule has 5 nitrogen and oxygen atoms in total. The highest BCUT2D eigenvalue weighted by atomic mass is 16.5. The quantitative estimate of drug-likeness (QED) is 0.427. The maximum absolute atomic E-state index is 13.1. The molecule has 0 unspecified atom stereocenters.